The second-order valence-electron chi connectivity index (χ2n) is 16.7. The smallest absolute Gasteiger partial charge is 0.306 e. The van der Waals surface area contributed by atoms with E-state index in [2.05, 4.69) is 49.7 Å². The first kappa shape index (κ1) is 44.0. The fourth-order valence-electron chi connectivity index (χ4n) is 7.79. The first-order valence-corrected chi connectivity index (χ1v) is 23.2. The van der Waals surface area contributed by atoms with Crippen molar-refractivity contribution in [3.05, 3.63) is 146 Å². The number of fused-ring (bicyclic) bond motifs is 4. The van der Waals surface area contributed by atoms with E-state index in [9.17, 15) is 23.3 Å². The van der Waals surface area contributed by atoms with Crippen LogP contribution in [-0.2, 0) is 26.1 Å². The van der Waals surface area contributed by atoms with E-state index in [4.69, 9.17) is 21.3 Å². The lowest BCUT2D eigenvalue weighted by Crippen LogP contribution is -2.24. The number of benzene rings is 4. The van der Waals surface area contributed by atoms with Crippen molar-refractivity contribution in [2.45, 2.75) is 84.4 Å². The van der Waals surface area contributed by atoms with E-state index in [0.717, 1.165) is 54.8 Å². The molecule has 3 N–H and O–H groups in total. The van der Waals surface area contributed by atoms with Crippen LogP contribution < -0.4 is 10.0 Å². The van der Waals surface area contributed by atoms with E-state index in [1.54, 1.807) is 53.9 Å². The Morgan fingerprint density at radius 1 is 0.953 bits per heavy atom. The maximum Gasteiger partial charge on any atom is 0.306 e. The number of nitrogens with one attached hydrogen (secondary N) is 3. The molecule has 13 nitrogen and oxygen atoms in total. The Morgan fingerprint density at radius 3 is 2.34 bits per heavy atom. The molecule has 1 atom stereocenters. The first-order valence-electron chi connectivity index (χ1n) is 20.6. The molecule has 4 aromatic carbocycles. The highest BCUT2D eigenvalue weighted by atomic mass is 35.5. The lowest BCUT2D eigenvalue weighted by molar-refractivity contribution is -0.155. The number of aromatic amines is 1. The Bertz CT molecular complexity index is 3170. The highest BCUT2D eigenvalue weighted by Gasteiger charge is 2.32. The Hall–Kier alpha value is -6.60. The molecule has 0 spiro atoms. The van der Waals surface area contributed by atoms with E-state index >= 15 is 0 Å². The summed E-state index contributed by atoms with van der Waals surface area (Å²) in [6, 6.07) is 24.6. The number of nitrogens with zero attached hydrogens (tertiary/aromatic N) is 5. The van der Waals surface area contributed by atoms with Gasteiger partial charge in [-0.25, -0.2) is 8.42 Å². The lowest BCUT2D eigenvalue weighted by Gasteiger charge is -2.20. The second kappa shape index (κ2) is 17.2. The number of hydrogen-bond acceptors (Lipinski definition) is 10. The Morgan fingerprint density at radius 2 is 1.66 bits per heavy atom. The molecular weight excluding hydrogens is 868 g/mol. The zero-order valence-electron chi connectivity index (χ0n) is 36.3. The maximum absolute atomic E-state index is 13.3. The average Bonchev–Trinajstić information content (AvgIpc) is 3.93. The minimum Gasteiger partial charge on any atom is -0.460 e. The summed E-state index contributed by atoms with van der Waals surface area (Å²) < 4.78 is 37.0. The van der Waals surface area contributed by atoms with Gasteiger partial charge in [0.05, 0.1) is 38.0 Å². The molecule has 0 bridgehead atoms. The normalized spacial score (nSPS) is 13.7. The van der Waals surface area contributed by atoms with Crippen molar-refractivity contribution >= 4 is 67.1 Å². The standard InChI is InChI=1S/C48H45ClN8O5S2/c1-26-8-19-38(44-41(26)34(23-50)25-51-44)56-64(60,61)35-16-9-30(10-17-35)24-52-46(59)36-18-15-33(22-37(36)49)31-11-13-32(14-12-31)43-42-27(2)28(3)63-47(42)57-29(4)54-55-45(57)39(53-43)20-21-40(58)62-48(5,6)7/h8-19,22,25,39,51,56H,20-21,24H2,1-7H3,(H,52,59)/t39-/m0/s1. The van der Waals surface area contributed by atoms with Crippen molar-refractivity contribution in [2.75, 3.05) is 4.72 Å². The van der Waals surface area contributed by atoms with Crippen molar-refractivity contribution in [3.63, 3.8) is 0 Å². The Kier molecular flexibility index (Phi) is 11.8. The maximum atomic E-state index is 13.3. The van der Waals surface area contributed by atoms with Crippen molar-refractivity contribution in [3.8, 4) is 22.2 Å². The molecule has 0 fully saturated rings. The quantitative estimate of drug-likeness (QED) is 0.107. The van der Waals surface area contributed by atoms with Gasteiger partial charge in [0.25, 0.3) is 15.9 Å². The third-order valence-corrected chi connectivity index (χ3v) is 14.0. The minimum absolute atomic E-state index is 0.0403. The van der Waals surface area contributed by atoms with Gasteiger partial charge in [0.2, 0.25) is 0 Å². The predicted octanol–water partition coefficient (Wildman–Crippen LogP) is 9.98. The molecule has 4 heterocycles. The van der Waals surface area contributed by atoms with Crippen LogP contribution in [0.15, 0.2) is 94.9 Å². The number of halogens is 1. The number of aliphatic imine (C=N–C) groups is 1. The number of aryl methyl sites for hydroxylation is 3. The summed E-state index contributed by atoms with van der Waals surface area (Å²) in [5.41, 5.74) is 8.03. The molecular formula is C48H45ClN8O5S2. The van der Waals surface area contributed by atoms with Gasteiger partial charge in [0.15, 0.2) is 5.82 Å². The van der Waals surface area contributed by atoms with Gasteiger partial charge in [-0.05, 0) is 113 Å². The molecule has 8 rings (SSSR count). The number of rotatable bonds is 11. The minimum atomic E-state index is -3.97. The van der Waals surface area contributed by atoms with Gasteiger partial charge in [-0.1, -0.05) is 60.1 Å². The van der Waals surface area contributed by atoms with Crippen LogP contribution in [0.3, 0.4) is 0 Å². The van der Waals surface area contributed by atoms with Crippen molar-refractivity contribution in [1.82, 2.24) is 25.1 Å². The van der Waals surface area contributed by atoms with Crippen LogP contribution >= 0.6 is 22.9 Å². The van der Waals surface area contributed by atoms with Crippen molar-refractivity contribution in [1.29, 1.82) is 5.26 Å². The molecule has 64 heavy (non-hydrogen) atoms. The van der Waals surface area contributed by atoms with Gasteiger partial charge >= 0.3 is 5.97 Å². The highest BCUT2D eigenvalue weighted by molar-refractivity contribution is 7.92. The molecule has 1 aliphatic rings. The van der Waals surface area contributed by atoms with E-state index < -0.39 is 21.7 Å². The van der Waals surface area contributed by atoms with Crippen molar-refractivity contribution < 1.29 is 22.7 Å². The van der Waals surface area contributed by atoms with Gasteiger partial charge in [-0.2, -0.15) is 5.26 Å². The second-order valence-corrected chi connectivity index (χ2v) is 20.0. The number of hydrogen-bond donors (Lipinski definition) is 3. The molecule has 0 radical (unpaired) electrons. The summed E-state index contributed by atoms with van der Waals surface area (Å²) in [5, 5.41) is 23.2. The molecule has 1 aliphatic heterocycles. The zero-order valence-corrected chi connectivity index (χ0v) is 38.6. The molecule has 0 saturated carbocycles. The third kappa shape index (κ3) is 8.68. The van der Waals surface area contributed by atoms with Crippen LogP contribution in [0.1, 0.15) is 99.9 Å². The van der Waals surface area contributed by atoms with Gasteiger partial charge in [0.1, 0.15) is 28.5 Å². The van der Waals surface area contributed by atoms with Gasteiger partial charge in [0, 0.05) is 40.6 Å². The summed E-state index contributed by atoms with van der Waals surface area (Å²) in [4.78, 5) is 35.7. The van der Waals surface area contributed by atoms with Crippen LogP contribution in [0.25, 0.3) is 27.0 Å². The fourth-order valence-corrected chi connectivity index (χ4v) is 10.3. The summed E-state index contributed by atoms with van der Waals surface area (Å²) >= 11 is 8.39. The highest BCUT2D eigenvalue weighted by Crippen LogP contribution is 2.40. The summed E-state index contributed by atoms with van der Waals surface area (Å²) in [6.45, 7) is 13.7. The number of carbonyl (C=O) groups excluding carboxylic acids is 2. The topological polar surface area (TPSA) is 184 Å². The van der Waals surface area contributed by atoms with Crippen LogP contribution in [0.4, 0.5) is 5.69 Å². The van der Waals surface area contributed by atoms with Gasteiger partial charge < -0.3 is 15.0 Å². The van der Waals surface area contributed by atoms with Crippen LogP contribution in [0.5, 0.6) is 0 Å². The number of aromatic nitrogens is 4. The molecule has 7 aromatic rings. The van der Waals surface area contributed by atoms with E-state index in [0.29, 0.717) is 45.5 Å². The number of H-pyrrole nitrogens is 1. The molecule has 0 unspecified atom stereocenters. The van der Waals surface area contributed by atoms with Crippen molar-refractivity contribution in [2.24, 2.45) is 4.99 Å². The number of thiophene rings is 1. The number of sulfonamides is 1. The summed E-state index contributed by atoms with van der Waals surface area (Å²) in [7, 11) is -3.97. The molecule has 326 valence electrons. The molecule has 16 heteroatoms. The average molecular weight is 914 g/mol. The third-order valence-electron chi connectivity index (χ3n) is 11.1. The summed E-state index contributed by atoms with van der Waals surface area (Å²) in [6.07, 6.45) is 2.12. The number of anilines is 1. The number of amides is 1. The van der Waals surface area contributed by atoms with E-state index in [1.165, 1.54) is 12.1 Å². The van der Waals surface area contributed by atoms with Crippen LogP contribution in [0.2, 0.25) is 5.02 Å². The zero-order chi connectivity index (χ0) is 45.7. The molecule has 1 amide bonds. The Balaban J connectivity index is 0.963. The number of nitriles is 1. The summed E-state index contributed by atoms with van der Waals surface area (Å²) in [5.74, 6) is 0.744. The molecule has 3 aromatic heterocycles. The monoisotopic (exact) mass is 912 g/mol. The molecule has 0 saturated heterocycles. The fraction of sp³-hybridized carbons (Fsp3) is 0.250. The van der Waals surface area contributed by atoms with E-state index in [1.807, 2.05) is 65.0 Å². The van der Waals surface area contributed by atoms with Crippen LogP contribution in [0, 0.1) is 39.0 Å². The first-order chi connectivity index (χ1) is 30.4. The lowest BCUT2D eigenvalue weighted by atomic mass is 9.96. The Labute approximate surface area is 380 Å². The largest absolute Gasteiger partial charge is 0.460 e. The molecule has 0 aliphatic carbocycles. The van der Waals surface area contributed by atoms with Crippen LogP contribution in [-0.4, -0.2) is 51.4 Å². The predicted molar refractivity (Wildman–Crippen MR) is 250 cm³/mol. The SMILES string of the molecule is Cc1sc2c(c1C)C(c1ccc(-c3ccc(C(=O)NCc4ccc(S(=O)(=O)Nc5ccc(C)c6c(C#N)c[nH]c56)cc4)c(Cl)c3)cc1)=N[C@@H](CCC(=O)OC(C)(C)C)c1nnc(C)n1-2. The van der Waals surface area contributed by atoms with Gasteiger partial charge in [-0.15, -0.1) is 21.5 Å². The van der Waals surface area contributed by atoms with E-state index in [-0.39, 0.29) is 34.8 Å². The number of esters is 1. The number of carbonyl (C=O) groups is 2. The van der Waals surface area contributed by atoms with Gasteiger partial charge in [-0.3, -0.25) is 23.9 Å². The number of ether oxygens (including phenoxy) is 1.